The van der Waals surface area contributed by atoms with Gasteiger partial charge in [-0.3, -0.25) is 0 Å². The standard InChI is InChI=1S/C22H19N3OS/c1-3-5-9-15(4-2)20-23-21(16-10-7-6-8-11-16)25-22(24-20)18-13-12-17(27)14-19(18)26/h3-14,26-27H,2H2,1H3/b5-3-,15-9+. The maximum atomic E-state index is 10.3. The molecule has 0 bridgehead atoms. The van der Waals surface area contributed by atoms with E-state index < -0.39 is 0 Å². The van der Waals surface area contributed by atoms with Gasteiger partial charge >= 0.3 is 0 Å². The number of phenols is 1. The van der Waals surface area contributed by atoms with Gasteiger partial charge in [-0.05, 0) is 25.1 Å². The first-order valence-corrected chi connectivity index (χ1v) is 8.86. The summed E-state index contributed by atoms with van der Waals surface area (Å²) in [5.41, 5.74) is 2.14. The third-order valence-electron chi connectivity index (χ3n) is 3.84. The molecule has 0 radical (unpaired) electrons. The molecular formula is C22H19N3OS. The Hall–Kier alpha value is -3.18. The van der Waals surface area contributed by atoms with Crippen LogP contribution < -0.4 is 0 Å². The van der Waals surface area contributed by atoms with Crippen LogP contribution in [0.4, 0.5) is 0 Å². The van der Waals surface area contributed by atoms with Crippen LogP contribution in [-0.4, -0.2) is 20.1 Å². The molecule has 1 heterocycles. The van der Waals surface area contributed by atoms with Gasteiger partial charge in [-0.15, -0.1) is 12.6 Å². The van der Waals surface area contributed by atoms with Crippen LogP contribution in [0.15, 0.2) is 84.3 Å². The zero-order valence-corrected chi connectivity index (χ0v) is 15.8. The number of phenolic OH excluding ortho intramolecular Hbond substituents is 1. The zero-order chi connectivity index (χ0) is 19.2. The Morgan fingerprint density at radius 1 is 1.04 bits per heavy atom. The molecule has 0 saturated carbocycles. The number of thiol groups is 1. The Labute approximate surface area is 164 Å². The fraction of sp³-hybridized carbons (Fsp3) is 0.0455. The molecule has 0 fully saturated rings. The number of hydrogen-bond donors (Lipinski definition) is 2. The minimum atomic E-state index is 0.0660. The van der Waals surface area contributed by atoms with Crippen LogP contribution in [0.5, 0.6) is 5.75 Å². The summed E-state index contributed by atoms with van der Waals surface area (Å²) in [5.74, 6) is 1.47. The summed E-state index contributed by atoms with van der Waals surface area (Å²) in [7, 11) is 0. The molecule has 1 N–H and O–H groups in total. The predicted molar refractivity (Wildman–Crippen MR) is 113 cm³/mol. The second-order valence-corrected chi connectivity index (χ2v) is 6.24. The number of rotatable bonds is 5. The molecule has 134 valence electrons. The van der Waals surface area contributed by atoms with Gasteiger partial charge in [-0.2, -0.15) is 0 Å². The first kappa shape index (κ1) is 18.6. The fourth-order valence-electron chi connectivity index (χ4n) is 2.48. The van der Waals surface area contributed by atoms with E-state index in [-0.39, 0.29) is 5.75 Å². The lowest BCUT2D eigenvalue weighted by Crippen LogP contribution is -2.02. The van der Waals surface area contributed by atoms with Crippen LogP contribution in [0.2, 0.25) is 0 Å². The quantitative estimate of drug-likeness (QED) is 0.468. The number of aromatic nitrogens is 3. The molecule has 0 unspecified atom stereocenters. The SMILES string of the molecule is C=C/C(=C\C=C/C)c1nc(-c2ccccc2)nc(-c2ccc(S)cc2O)n1. The van der Waals surface area contributed by atoms with Gasteiger partial charge in [-0.25, -0.2) is 15.0 Å². The van der Waals surface area contributed by atoms with Crippen LogP contribution in [0.25, 0.3) is 28.3 Å². The number of nitrogens with zero attached hydrogens (tertiary/aromatic N) is 3. The van der Waals surface area contributed by atoms with Crippen LogP contribution in [0, 0.1) is 0 Å². The minimum Gasteiger partial charge on any atom is -0.507 e. The predicted octanol–water partition coefficient (Wildman–Crippen LogP) is 5.35. The van der Waals surface area contributed by atoms with Crippen molar-refractivity contribution in [2.24, 2.45) is 0 Å². The van der Waals surface area contributed by atoms with Crippen molar-refractivity contribution in [1.82, 2.24) is 15.0 Å². The molecule has 0 aliphatic carbocycles. The van der Waals surface area contributed by atoms with Gasteiger partial charge in [0.15, 0.2) is 17.5 Å². The second kappa shape index (κ2) is 8.47. The summed E-state index contributed by atoms with van der Waals surface area (Å²) in [4.78, 5) is 14.4. The fourth-order valence-corrected chi connectivity index (χ4v) is 2.68. The van der Waals surface area contributed by atoms with E-state index in [4.69, 9.17) is 0 Å². The summed E-state index contributed by atoms with van der Waals surface area (Å²) in [6, 6.07) is 14.7. The smallest absolute Gasteiger partial charge is 0.167 e. The Bertz CT molecular complexity index is 1030. The number of allylic oxidation sites excluding steroid dienone is 5. The average molecular weight is 373 g/mol. The van der Waals surface area contributed by atoms with Gasteiger partial charge in [-0.1, -0.05) is 61.2 Å². The Kier molecular flexibility index (Phi) is 5.84. The van der Waals surface area contributed by atoms with Gasteiger partial charge < -0.3 is 5.11 Å². The molecule has 0 amide bonds. The first-order valence-electron chi connectivity index (χ1n) is 8.42. The summed E-state index contributed by atoms with van der Waals surface area (Å²) in [6.45, 7) is 5.80. The van der Waals surface area contributed by atoms with E-state index in [0.717, 1.165) is 11.1 Å². The minimum absolute atomic E-state index is 0.0660. The van der Waals surface area contributed by atoms with Gasteiger partial charge in [0.25, 0.3) is 0 Å². The van der Waals surface area contributed by atoms with E-state index in [0.29, 0.717) is 27.9 Å². The van der Waals surface area contributed by atoms with Gasteiger partial charge in [0.1, 0.15) is 5.75 Å². The van der Waals surface area contributed by atoms with E-state index >= 15 is 0 Å². The molecule has 4 nitrogen and oxygen atoms in total. The average Bonchev–Trinajstić information content (AvgIpc) is 2.69. The maximum Gasteiger partial charge on any atom is 0.167 e. The molecule has 0 spiro atoms. The molecular weight excluding hydrogens is 354 g/mol. The molecule has 0 aliphatic heterocycles. The normalized spacial score (nSPS) is 11.7. The summed E-state index contributed by atoms with van der Waals surface area (Å²) >= 11 is 4.25. The Morgan fingerprint density at radius 2 is 1.78 bits per heavy atom. The highest BCUT2D eigenvalue weighted by atomic mass is 32.1. The number of aromatic hydroxyl groups is 1. The highest BCUT2D eigenvalue weighted by Crippen LogP contribution is 2.30. The molecule has 1 aromatic heterocycles. The lowest BCUT2D eigenvalue weighted by Gasteiger charge is -2.09. The maximum absolute atomic E-state index is 10.3. The lowest BCUT2D eigenvalue weighted by atomic mass is 10.1. The van der Waals surface area contributed by atoms with Crippen molar-refractivity contribution in [1.29, 1.82) is 0 Å². The third-order valence-corrected chi connectivity index (χ3v) is 4.11. The van der Waals surface area contributed by atoms with Crippen molar-refractivity contribution in [3.8, 4) is 28.5 Å². The number of hydrogen-bond acceptors (Lipinski definition) is 5. The highest BCUT2D eigenvalue weighted by Gasteiger charge is 2.14. The molecule has 0 atom stereocenters. The van der Waals surface area contributed by atoms with Crippen molar-refractivity contribution < 1.29 is 5.11 Å². The molecule has 0 aliphatic rings. The van der Waals surface area contributed by atoms with Crippen LogP contribution >= 0.6 is 12.6 Å². The third kappa shape index (κ3) is 4.33. The molecule has 27 heavy (non-hydrogen) atoms. The summed E-state index contributed by atoms with van der Waals surface area (Å²) in [5, 5.41) is 10.3. The van der Waals surface area contributed by atoms with E-state index in [9.17, 15) is 5.11 Å². The van der Waals surface area contributed by atoms with E-state index in [1.807, 2.05) is 55.5 Å². The second-order valence-electron chi connectivity index (χ2n) is 5.73. The molecule has 3 aromatic rings. The van der Waals surface area contributed by atoms with Crippen LogP contribution in [0.1, 0.15) is 12.7 Å². The van der Waals surface area contributed by atoms with Crippen LogP contribution in [0.3, 0.4) is 0 Å². The van der Waals surface area contributed by atoms with Gasteiger partial charge in [0, 0.05) is 16.0 Å². The molecule has 2 aromatic carbocycles. The monoisotopic (exact) mass is 373 g/mol. The largest absolute Gasteiger partial charge is 0.507 e. The number of benzene rings is 2. The summed E-state index contributed by atoms with van der Waals surface area (Å²) < 4.78 is 0. The Morgan fingerprint density at radius 3 is 2.44 bits per heavy atom. The van der Waals surface area contributed by atoms with Crippen molar-refractivity contribution in [2.75, 3.05) is 0 Å². The lowest BCUT2D eigenvalue weighted by molar-refractivity contribution is 0.475. The first-order chi connectivity index (χ1) is 13.1. The highest BCUT2D eigenvalue weighted by molar-refractivity contribution is 7.80. The van der Waals surface area contributed by atoms with Crippen molar-refractivity contribution >= 4 is 18.2 Å². The van der Waals surface area contributed by atoms with Gasteiger partial charge in [0.05, 0.1) is 5.56 Å². The van der Waals surface area contributed by atoms with E-state index in [1.54, 1.807) is 24.3 Å². The van der Waals surface area contributed by atoms with Crippen molar-refractivity contribution in [3.05, 3.63) is 85.2 Å². The molecule has 5 heteroatoms. The van der Waals surface area contributed by atoms with Crippen LogP contribution in [-0.2, 0) is 0 Å². The zero-order valence-electron chi connectivity index (χ0n) is 14.9. The van der Waals surface area contributed by atoms with E-state index in [2.05, 4.69) is 34.2 Å². The van der Waals surface area contributed by atoms with E-state index in [1.165, 1.54) is 0 Å². The Balaban J connectivity index is 2.24. The van der Waals surface area contributed by atoms with Crippen molar-refractivity contribution in [3.63, 3.8) is 0 Å². The molecule has 3 rings (SSSR count). The topological polar surface area (TPSA) is 58.9 Å². The van der Waals surface area contributed by atoms with Gasteiger partial charge in [0.2, 0.25) is 0 Å². The summed E-state index contributed by atoms with van der Waals surface area (Å²) in [6.07, 6.45) is 7.40. The molecule has 0 saturated heterocycles. The van der Waals surface area contributed by atoms with Crippen molar-refractivity contribution in [2.45, 2.75) is 11.8 Å².